The van der Waals surface area contributed by atoms with Gasteiger partial charge in [0.2, 0.25) is 0 Å². The van der Waals surface area contributed by atoms with Gasteiger partial charge in [-0.3, -0.25) is 0 Å². The Bertz CT molecular complexity index is 350. The maximum atomic E-state index is 5.57. The minimum absolute atomic E-state index is 0.558. The Morgan fingerprint density at radius 1 is 1.18 bits per heavy atom. The SMILES string of the molecule is C#Cc1ccc(C#C)c(N)c1. The quantitative estimate of drug-likeness (QED) is 0.427. The van der Waals surface area contributed by atoms with Crippen LogP contribution in [0, 0.1) is 24.7 Å². The number of terminal acetylenes is 2. The zero-order valence-electron chi connectivity index (χ0n) is 5.96. The summed E-state index contributed by atoms with van der Waals surface area (Å²) < 4.78 is 0. The Labute approximate surface area is 66.2 Å². The lowest BCUT2D eigenvalue weighted by atomic mass is 10.1. The first-order valence-corrected chi connectivity index (χ1v) is 3.10. The molecule has 1 rings (SSSR count). The number of benzene rings is 1. The highest BCUT2D eigenvalue weighted by Crippen LogP contribution is 2.11. The molecule has 0 aliphatic rings. The van der Waals surface area contributed by atoms with Gasteiger partial charge in [-0.1, -0.05) is 11.8 Å². The van der Waals surface area contributed by atoms with Crippen molar-refractivity contribution in [2.45, 2.75) is 0 Å². The summed E-state index contributed by atoms with van der Waals surface area (Å²) in [5.74, 6) is 4.92. The molecule has 0 bridgehead atoms. The predicted octanol–water partition coefficient (Wildman–Crippen LogP) is 1.23. The third kappa shape index (κ3) is 1.34. The lowest BCUT2D eigenvalue weighted by molar-refractivity contribution is 1.59. The van der Waals surface area contributed by atoms with Crippen molar-refractivity contribution >= 4 is 5.69 Å². The van der Waals surface area contributed by atoms with Gasteiger partial charge in [0, 0.05) is 16.8 Å². The van der Waals surface area contributed by atoms with E-state index >= 15 is 0 Å². The van der Waals surface area contributed by atoms with E-state index in [0.717, 1.165) is 5.56 Å². The molecule has 1 aromatic rings. The third-order valence-electron chi connectivity index (χ3n) is 1.37. The minimum atomic E-state index is 0.558. The van der Waals surface area contributed by atoms with E-state index in [9.17, 15) is 0 Å². The first-order valence-electron chi connectivity index (χ1n) is 3.10. The van der Waals surface area contributed by atoms with Gasteiger partial charge in [-0.25, -0.2) is 0 Å². The van der Waals surface area contributed by atoms with Gasteiger partial charge in [0.15, 0.2) is 0 Å². The Balaban J connectivity index is 3.25. The van der Waals surface area contributed by atoms with Crippen LogP contribution < -0.4 is 5.73 Å². The van der Waals surface area contributed by atoms with E-state index in [4.69, 9.17) is 18.6 Å². The van der Waals surface area contributed by atoms with Crippen molar-refractivity contribution in [2.75, 3.05) is 5.73 Å². The molecule has 1 heteroatoms. The van der Waals surface area contributed by atoms with Crippen LogP contribution in [0.15, 0.2) is 18.2 Å². The van der Waals surface area contributed by atoms with Crippen molar-refractivity contribution in [3.63, 3.8) is 0 Å². The second kappa shape index (κ2) is 2.82. The van der Waals surface area contributed by atoms with Crippen LogP contribution in [0.5, 0.6) is 0 Å². The van der Waals surface area contributed by atoms with E-state index in [1.807, 2.05) is 0 Å². The molecule has 0 fully saturated rings. The average Bonchev–Trinajstić information content (AvgIpc) is 2.04. The number of nitrogen functional groups attached to an aromatic ring is 1. The Hall–Kier alpha value is -1.86. The fraction of sp³-hybridized carbons (Fsp3) is 0. The van der Waals surface area contributed by atoms with Crippen LogP contribution in [0.3, 0.4) is 0 Å². The molecule has 0 radical (unpaired) electrons. The summed E-state index contributed by atoms with van der Waals surface area (Å²) >= 11 is 0. The molecule has 0 unspecified atom stereocenters. The molecule has 0 heterocycles. The summed E-state index contributed by atoms with van der Waals surface area (Å²) in [4.78, 5) is 0. The number of rotatable bonds is 0. The van der Waals surface area contributed by atoms with E-state index in [-0.39, 0.29) is 0 Å². The highest BCUT2D eigenvalue weighted by Gasteiger charge is 1.94. The van der Waals surface area contributed by atoms with Crippen LogP contribution in [0.1, 0.15) is 11.1 Å². The largest absolute Gasteiger partial charge is 0.398 e. The third-order valence-corrected chi connectivity index (χ3v) is 1.37. The van der Waals surface area contributed by atoms with E-state index in [0.29, 0.717) is 11.3 Å². The van der Waals surface area contributed by atoms with Crippen LogP contribution in [0.4, 0.5) is 5.69 Å². The first kappa shape index (κ1) is 7.25. The van der Waals surface area contributed by atoms with E-state index in [1.165, 1.54) is 0 Å². The fourth-order valence-electron chi connectivity index (χ4n) is 0.784. The van der Waals surface area contributed by atoms with Gasteiger partial charge in [0.05, 0.1) is 0 Å². The van der Waals surface area contributed by atoms with Crippen molar-refractivity contribution in [3.8, 4) is 24.7 Å². The van der Waals surface area contributed by atoms with Crippen LogP contribution in [-0.4, -0.2) is 0 Å². The molecular formula is C10H7N. The van der Waals surface area contributed by atoms with E-state index in [1.54, 1.807) is 18.2 Å². The van der Waals surface area contributed by atoms with Crippen LogP contribution in [-0.2, 0) is 0 Å². The standard InChI is InChI=1S/C10H7N/c1-3-8-5-6-9(4-2)10(11)7-8/h1-2,5-7H,11H2. The summed E-state index contributed by atoms with van der Waals surface area (Å²) in [6.07, 6.45) is 10.3. The summed E-state index contributed by atoms with van der Waals surface area (Å²) in [5.41, 5.74) is 7.56. The molecule has 0 spiro atoms. The lowest BCUT2D eigenvalue weighted by Gasteiger charge is -1.97. The van der Waals surface area contributed by atoms with Crippen molar-refractivity contribution in [1.29, 1.82) is 0 Å². The summed E-state index contributed by atoms with van der Waals surface area (Å²) in [5, 5.41) is 0. The molecule has 52 valence electrons. The molecular weight excluding hydrogens is 134 g/mol. The second-order valence-corrected chi connectivity index (χ2v) is 2.09. The summed E-state index contributed by atoms with van der Waals surface area (Å²) in [6, 6.07) is 5.20. The number of hydrogen-bond acceptors (Lipinski definition) is 1. The molecule has 0 aromatic heterocycles. The Morgan fingerprint density at radius 3 is 2.36 bits per heavy atom. The maximum Gasteiger partial charge on any atom is 0.0485 e. The number of hydrogen-bond donors (Lipinski definition) is 1. The van der Waals surface area contributed by atoms with Crippen molar-refractivity contribution in [2.24, 2.45) is 0 Å². The normalized spacial score (nSPS) is 8.18. The topological polar surface area (TPSA) is 26.0 Å². The van der Waals surface area contributed by atoms with Crippen molar-refractivity contribution < 1.29 is 0 Å². The molecule has 2 N–H and O–H groups in total. The lowest BCUT2D eigenvalue weighted by Crippen LogP contribution is -1.90. The molecule has 0 atom stereocenters. The average molecular weight is 141 g/mol. The predicted molar refractivity (Wildman–Crippen MR) is 46.7 cm³/mol. The molecule has 0 aliphatic carbocycles. The summed E-state index contributed by atoms with van der Waals surface area (Å²) in [7, 11) is 0. The minimum Gasteiger partial charge on any atom is -0.398 e. The zero-order valence-corrected chi connectivity index (χ0v) is 5.96. The maximum absolute atomic E-state index is 5.57. The monoisotopic (exact) mass is 141 g/mol. The molecule has 0 saturated carbocycles. The smallest absolute Gasteiger partial charge is 0.0485 e. The van der Waals surface area contributed by atoms with Crippen LogP contribution in [0.25, 0.3) is 0 Å². The van der Waals surface area contributed by atoms with Gasteiger partial charge in [-0.15, -0.1) is 12.8 Å². The Morgan fingerprint density at radius 2 is 1.91 bits per heavy atom. The molecule has 1 nitrogen and oxygen atoms in total. The van der Waals surface area contributed by atoms with Gasteiger partial charge >= 0.3 is 0 Å². The van der Waals surface area contributed by atoms with Crippen molar-refractivity contribution in [3.05, 3.63) is 29.3 Å². The molecule has 0 amide bonds. The van der Waals surface area contributed by atoms with Gasteiger partial charge < -0.3 is 5.73 Å². The van der Waals surface area contributed by atoms with E-state index in [2.05, 4.69) is 11.8 Å². The number of anilines is 1. The van der Waals surface area contributed by atoms with E-state index < -0.39 is 0 Å². The second-order valence-electron chi connectivity index (χ2n) is 2.09. The molecule has 1 aromatic carbocycles. The molecule has 11 heavy (non-hydrogen) atoms. The van der Waals surface area contributed by atoms with Gasteiger partial charge in [0.1, 0.15) is 0 Å². The highest BCUT2D eigenvalue weighted by molar-refractivity contribution is 5.58. The van der Waals surface area contributed by atoms with Gasteiger partial charge in [0.25, 0.3) is 0 Å². The highest BCUT2D eigenvalue weighted by atomic mass is 14.5. The van der Waals surface area contributed by atoms with Crippen LogP contribution in [0.2, 0.25) is 0 Å². The van der Waals surface area contributed by atoms with Crippen LogP contribution >= 0.6 is 0 Å². The van der Waals surface area contributed by atoms with Crippen molar-refractivity contribution in [1.82, 2.24) is 0 Å². The van der Waals surface area contributed by atoms with Gasteiger partial charge in [-0.05, 0) is 18.2 Å². The fourth-order valence-corrected chi connectivity index (χ4v) is 0.784. The van der Waals surface area contributed by atoms with Gasteiger partial charge in [-0.2, -0.15) is 0 Å². The molecule has 0 saturated heterocycles. The summed E-state index contributed by atoms with van der Waals surface area (Å²) in [6.45, 7) is 0. The first-order chi connectivity index (χ1) is 5.27. The zero-order chi connectivity index (χ0) is 8.27. The Kier molecular flexibility index (Phi) is 1.86. The molecule has 0 aliphatic heterocycles. The number of nitrogens with two attached hydrogens (primary N) is 1.